The van der Waals surface area contributed by atoms with E-state index >= 15 is 0 Å². The van der Waals surface area contributed by atoms with E-state index in [2.05, 4.69) is 22.3 Å². The number of benzene rings is 2. The summed E-state index contributed by atoms with van der Waals surface area (Å²) in [6, 6.07) is 15.6. The molecule has 4 nitrogen and oxygen atoms in total. The molecule has 0 aliphatic carbocycles. The number of hydrogen-bond acceptors (Lipinski definition) is 4. The quantitative estimate of drug-likeness (QED) is 0.678. The molecule has 134 valence electrons. The molecule has 1 saturated heterocycles. The largest absolute Gasteiger partial charge is 0.325 e. The number of aromatic nitrogens is 1. The first kappa shape index (κ1) is 17.5. The Hall–Kier alpha value is -1.95. The molecule has 3 aromatic rings. The molecule has 1 amide bonds. The molecule has 0 saturated carbocycles. The Bertz CT molecular complexity index is 876. The zero-order valence-electron chi connectivity index (χ0n) is 14.3. The zero-order valence-corrected chi connectivity index (χ0v) is 15.9. The van der Waals surface area contributed by atoms with Gasteiger partial charge < -0.3 is 5.32 Å². The van der Waals surface area contributed by atoms with Crippen molar-refractivity contribution in [3.8, 4) is 0 Å². The van der Waals surface area contributed by atoms with Crippen molar-refractivity contribution >= 4 is 44.7 Å². The maximum atomic E-state index is 12.5. The Balaban J connectivity index is 1.48. The Morgan fingerprint density at radius 2 is 2.00 bits per heavy atom. The van der Waals surface area contributed by atoms with Gasteiger partial charge in [0, 0.05) is 10.7 Å². The summed E-state index contributed by atoms with van der Waals surface area (Å²) >= 11 is 7.64. The van der Waals surface area contributed by atoms with Gasteiger partial charge in [0.2, 0.25) is 5.91 Å². The van der Waals surface area contributed by atoms with Crippen molar-refractivity contribution in [3.63, 3.8) is 0 Å². The Kier molecular flexibility index (Phi) is 5.20. The predicted octanol–water partition coefficient (Wildman–Crippen LogP) is 5.12. The van der Waals surface area contributed by atoms with Gasteiger partial charge in [0.15, 0.2) is 0 Å². The van der Waals surface area contributed by atoms with Crippen LogP contribution in [0.4, 0.5) is 5.69 Å². The second kappa shape index (κ2) is 7.74. The van der Waals surface area contributed by atoms with Crippen LogP contribution in [-0.2, 0) is 4.79 Å². The number of nitrogens with zero attached hydrogens (tertiary/aromatic N) is 2. The Labute approximate surface area is 161 Å². The monoisotopic (exact) mass is 385 g/mol. The van der Waals surface area contributed by atoms with E-state index in [0.717, 1.165) is 35.6 Å². The topological polar surface area (TPSA) is 45.2 Å². The van der Waals surface area contributed by atoms with Crippen molar-refractivity contribution in [2.24, 2.45) is 0 Å². The highest BCUT2D eigenvalue weighted by atomic mass is 35.5. The van der Waals surface area contributed by atoms with Gasteiger partial charge in [-0.15, -0.1) is 11.3 Å². The minimum atomic E-state index is 0.000309. The van der Waals surface area contributed by atoms with Crippen LogP contribution in [0.25, 0.3) is 10.2 Å². The van der Waals surface area contributed by atoms with Gasteiger partial charge in [-0.05, 0) is 55.8 Å². The third-order valence-corrected chi connectivity index (χ3v) is 6.07. The Morgan fingerprint density at radius 1 is 1.19 bits per heavy atom. The summed E-state index contributed by atoms with van der Waals surface area (Å²) in [6.45, 7) is 1.30. The summed E-state index contributed by atoms with van der Waals surface area (Å²) in [5.41, 5.74) is 1.82. The van der Waals surface area contributed by atoms with Crippen molar-refractivity contribution < 1.29 is 4.79 Å². The molecule has 2 aromatic carbocycles. The van der Waals surface area contributed by atoms with Crippen LogP contribution in [0.3, 0.4) is 0 Å². The van der Waals surface area contributed by atoms with Gasteiger partial charge in [-0.3, -0.25) is 9.69 Å². The number of carbonyl (C=O) groups is 1. The van der Waals surface area contributed by atoms with E-state index < -0.39 is 0 Å². The molecule has 1 atom stereocenters. The number of para-hydroxylation sites is 1. The van der Waals surface area contributed by atoms with Crippen molar-refractivity contribution in [1.82, 2.24) is 9.88 Å². The number of thiazole rings is 1. The Morgan fingerprint density at radius 3 is 2.81 bits per heavy atom. The normalized spacial score (nSPS) is 18.1. The molecule has 4 rings (SSSR count). The number of amides is 1. The molecule has 1 aromatic heterocycles. The van der Waals surface area contributed by atoms with Gasteiger partial charge in [0.05, 0.1) is 22.8 Å². The van der Waals surface area contributed by atoms with Crippen LogP contribution in [-0.4, -0.2) is 28.9 Å². The molecular formula is C20H20ClN3OS. The highest BCUT2D eigenvalue weighted by Crippen LogP contribution is 2.35. The maximum Gasteiger partial charge on any atom is 0.238 e. The van der Waals surface area contributed by atoms with Gasteiger partial charge in [0.25, 0.3) is 0 Å². The first-order valence-electron chi connectivity index (χ1n) is 8.84. The lowest BCUT2D eigenvalue weighted by Gasteiger charge is -2.33. The van der Waals surface area contributed by atoms with Gasteiger partial charge in [-0.1, -0.05) is 30.2 Å². The number of hydrogen-bond donors (Lipinski definition) is 1. The summed E-state index contributed by atoms with van der Waals surface area (Å²) in [5, 5.41) is 4.74. The number of likely N-dealkylation sites (tertiary alicyclic amines) is 1. The SMILES string of the molecule is O=C(CN1CCCCC1c1nc2ccccc2s1)Nc1ccc(Cl)cc1. The molecule has 1 N–H and O–H groups in total. The van der Waals surface area contributed by atoms with E-state index in [1.165, 1.54) is 11.1 Å². The predicted molar refractivity (Wildman–Crippen MR) is 108 cm³/mol. The summed E-state index contributed by atoms with van der Waals surface area (Å²) in [5.74, 6) is 0.000309. The molecule has 1 unspecified atom stereocenters. The number of fused-ring (bicyclic) bond motifs is 1. The fraction of sp³-hybridized carbons (Fsp3) is 0.300. The average Bonchev–Trinajstić information content (AvgIpc) is 3.08. The van der Waals surface area contributed by atoms with Gasteiger partial charge >= 0.3 is 0 Å². The standard InChI is InChI=1S/C20H20ClN3OS/c21-14-8-10-15(11-9-14)22-19(25)13-24-12-4-3-6-17(24)20-23-16-5-1-2-7-18(16)26-20/h1-2,5,7-11,17H,3-4,6,12-13H2,(H,22,25). The number of halogens is 1. The minimum Gasteiger partial charge on any atom is -0.325 e. The smallest absolute Gasteiger partial charge is 0.238 e. The number of rotatable bonds is 4. The lowest BCUT2D eigenvalue weighted by Crippen LogP contribution is -2.39. The van der Waals surface area contributed by atoms with Gasteiger partial charge in [-0.25, -0.2) is 4.98 Å². The van der Waals surface area contributed by atoms with Crippen LogP contribution in [0.1, 0.15) is 30.3 Å². The first-order chi connectivity index (χ1) is 12.7. The van der Waals surface area contributed by atoms with Crippen LogP contribution < -0.4 is 5.32 Å². The van der Waals surface area contributed by atoms with Crippen LogP contribution in [0, 0.1) is 0 Å². The van der Waals surface area contributed by atoms with Crippen LogP contribution in [0.15, 0.2) is 48.5 Å². The molecule has 0 spiro atoms. The number of piperidine rings is 1. The molecule has 0 bridgehead atoms. The average molecular weight is 386 g/mol. The first-order valence-corrected chi connectivity index (χ1v) is 10.0. The van der Waals surface area contributed by atoms with Crippen molar-refractivity contribution in [2.45, 2.75) is 25.3 Å². The third kappa shape index (κ3) is 3.90. The van der Waals surface area contributed by atoms with Crippen LogP contribution >= 0.6 is 22.9 Å². The lowest BCUT2D eigenvalue weighted by atomic mass is 10.0. The van der Waals surface area contributed by atoms with Gasteiger partial charge in [0.1, 0.15) is 5.01 Å². The highest BCUT2D eigenvalue weighted by Gasteiger charge is 2.28. The molecule has 0 radical (unpaired) electrons. The third-order valence-electron chi connectivity index (χ3n) is 4.68. The fourth-order valence-electron chi connectivity index (χ4n) is 3.41. The zero-order chi connectivity index (χ0) is 17.9. The molecule has 1 fully saturated rings. The maximum absolute atomic E-state index is 12.5. The summed E-state index contributed by atoms with van der Waals surface area (Å²) in [6.07, 6.45) is 3.35. The minimum absolute atomic E-state index is 0.000309. The molecule has 6 heteroatoms. The molecular weight excluding hydrogens is 366 g/mol. The van der Waals surface area contributed by atoms with E-state index in [4.69, 9.17) is 16.6 Å². The number of anilines is 1. The number of nitrogens with one attached hydrogen (secondary N) is 1. The molecule has 26 heavy (non-hydrogen) atoms. The van der Waals surface area contributed by atoms with Crippen LogP contribution in [0.5, 0.6) is 0 Å². The van der Waals surface area contributed by atoms with E-state index in [9.17, 15) is 4.79 Å². The summed E-state index contributed by atoms with van der Waals surface area (Å²) < 4.78 is 1.21. The second-order valence-corrected chi connectivity index (χ2v) is 8.06. The second-order valence-electron chi connectivity index (χ2n) is 6.56. The molecule has 2 heterocycles. The van der Waals surface area contributed by atoms with Crippen molar-refractivity contribution in [2.75, 3.05) is 18.4 Å². The number of carbonyl (C=O) groups excluding carboxylic acids is 1. The van der Waals surface area contributed by atoms with Crippen molar-refractivity contribution in [1.29, 1.82) is 0 Å². The van der Waals surface area contributed by atoms with Crippen molar-refractivity contribution in [3.05, 3.63) is 58.6 Å². The van der Waals surface area contributed by atoms with Crippen LogP contribution in [0.2, 0.25) is 5.02 Å². The fourth-order valence-corrected chi connectivity index (χ4v) is 4.67. The summed E-state index contributed by atoms with van der Waals surface area (Å²) in [7, 11) is 0. The molecule has 1 aliphatic heterocycles. The van der Waals surface area contributed by atoms with E-state index in [1.54, 1.807) is 23.5 Å². The summed E-state index contributed by atoms with van der Waals surface area (Å²) in [4.78, 5) is 19.6. The van der Waals surface area contributed by atoms with Gasteiger partial charge in [-0.2, -0.15) is 0 Å². The molecule has 1 aliphatic rings. The van der Waals surface area contributed by atoms with E-state index in [0.29, 0.717) is 11.6 Å². The van der Waals surface area contributed by atoms with E-state index in [-0.39, 0.29) is 11.9 Å². The lowest BCUT2D eigenvalue weighted by molar-refractivity contribution is -0.118. The van der Waals surface area contributed by atoms with E-state index in [1.807, 2.05) is 24.3 Å². The highest BCUT2D eigenvalue weighted by molar-refractivity contribution is 7.18.